The summed E-state index contributed by atoms with van der Waals surface area (Å²) < 4.78 is 27.0. The van der Waals surface area contributed by atoms with Crippen LogP contribution in [0.1, 0.15) is 24.9 Å². The minimum Gasteiger partial charge on any atom is -0.349 e. The molecule has 5 heteroatoms. The van der Waals surface area contributed by atoms with Crippen LogP contribution in [-0.2, 0) is 4.79 Å². The lowest BCUT2D eigenvalue weighted by molar-refractivity contribution is -0.123. The van der Waals surface area contributed by atoms with Gasteiger partial charge in [-0.25, -0.2) is 8.78 Å². The molecule has 98 valence electrons. The molecule has 1 amide bonds. The van der Waals surface area contributed by atoms with Crippen molar-refractivity contribution in [2.24, 2.45) is 5.92 Å². The number of carbonyl (C=O) groups excluding carboxylic acids is 1. The number of nitrogens with one attached hydrogen (secondary N) is 2. The van der Waals surface area contributed by atoms with Gasteiger partial charge in [-0.2, -0.15) is 0 Å². The smallest absolute Gasteiger partial charge is 0.220 e. The van der Waals surface area contributed by atoms with Gasteiger partial charge in [0.25, 0.3) is 0 Å². The third-order valence-electron chi connectivity index (χ3n) is 3.15. The first-order valence-electron chi connectivity index (χ1n) is 6.02. The largest absolute Gasteiger partial charge is 0.349 e. The summed E-state index contributed by atoms with van der Waals surface area (Å²) >= 11 is 0. The van der Waals surface area contributed by atoms with Crippen LogP contribution in [0, 0.1) is 17.6 Å². The molecule has 3 nitrogen and oxygen atoms in total. The lowest BCUT2D eigenvalue weighted by atomic mass is 9.98. The Labute approximate surface area is 105 Å². The molecule has 1 aliphatic rings. The van der Waals surface area contributed by atoms with Crippen LogP contribution >= 0.6 is 0 Å². The zero-order valence-corrected chi connectivity index (χ0v) is 10.2. The number of amides is 1. The quantitative estimate of drug-likeness (QED) is 0.859. The first-order chi connectivity index (χ1) is 8.58. The summed E-state index contributed by atoms with van der Waals surface area (Å²) in [7, 11) is 0. The molecule has 1 aromatic carbocycles. The van der Waals surface area contributed by atoms with Crippen molar-refractivity contribution in [2.45, 2.75) is 19.4 Å². The highest BCUT2D eigenvalue weighted by Gasteiger charge is 2.22. The van der Waals surface area contributed by atoms with Crippen molar-refractivity contribution in [3.63, 3.8) is 0 Å². The van der Waals surface area contributed by atoms with Gasteiger partial charge in [-0.05, 0) is 38.1 Å². The minimum atomic E-state index is -0.660. The molecule has 1 fully saturated rings. The Kier molecular flexibility index (Phi) is 3.91. The maximum absolute atomic E-state index is 13.5. The van der Waals surface area contributed by atoms with Gasteiger partial charge in [0.15, 0.2) is 0 Å². The maximum atomic E-state index is 13.5. The summed E-state index contributed by atoms with van der Waals surface area (Å²) in [4.78, 5) is 11.7. The Balaban J connectivity index is 1.98. The van der Waals surface area contributed by atoms with Crippen molar-refractivity contribution in [3.05, 3.63) is 35.4 Å². The third kappa shape index (κ3) is 2.85. The molecular formula is C13H16F2N2O. The Bertz CT molecular complexity index is 426. The molecule has 0 aromatic heterocycles. The van der Waals surface area contributed by atoms with E-state index in [2.05, 4.69) is 10.6 Å². The number of carbonyl (C=O) groups is 1. The monoisotopic (exact) mass is 254 g/mol. The van der Waals surface area contributed by atoms with Gasteiger partial charge in [-0.3, -0.25) is 4.79 Å². The highest BCUT2D eigenvalue weighted by Crippen LogP contribution is 2.20. The Morgan fingerprint density at radius 1 is 1.44 bits per heavy atom. The highest BCUT2D eigenvalue weighted by atomic mass is 19.1. The Morgan fingerprint density at radius 2 is 2.06 bits per heavy atom. The van der Waals surface area contributed by atoms with Gasteiger partial charge in [0.1, 0.15) is 11.6 Å². The first-order valence-corrected chi connectivity index (χ1v) is 6.02. The molecule has 2 N–H and O–H groups in total. The van der Waals surface area contributed by atoms with E-state index in [9.17, 15) is 13.6 Å². The number of hydrogen-bond acceptors (Lipinski definition) is 2. The van der Waals surface area contributed by atoms with Crippen LogP contribution in [0.4, 0.5) is 8.78 Å². The summed E-state index contributed by atoms with van der Waals surface area (Å²) in [6.07, 6.45) is 0.396. The second-order valence-electron chi connectivity index (χ2n) is 4.65. The van der Waals surface area contributed by atoms with Crippen LogP contribution in [0.25, 0.3) is 0 Å². The predicted octanol–water partition coefficient (Wildman–Crippen LogP) is 1.75. The Morgan fingerprint density at radius 3 is 2.56 bits per heavy atom. The average molecular weight is 254 g/mol. The number of halogens is 2. The fourth-order valence-corrected chi connectivity index (χ4v) is 2.05. The maximum Gasteiger partial charge on any atom is 0.220 e. The van der Waals surface area contributed by atoms with Gasteiger partial charge >= 0.3 is 0 Å². The molecule has 0 radical (unpaired) electrons. The van der Waals surface area contributed by atoms with Crippen LogP contribution in [0.15, 0.2) is 18.2 Å². The molecule has 1 heterocycles. The van der Waals surface area contributed by atoms with Crippen molar-refractivity contribution in [1.82, 2.24) is 10.6 Å². The van der Waals surface area contributed by atoms with Crippen molar-refractivity contribution < 1.29 is 13.6 Å². The molecule has 2 rings (SSSR count). The van der Waals surface area contributed by atoms with Crippen molar-refractivity contribution >= 4 is 5.91 Å². The molecule has 1 aromatic rings. The average Bonchev–Trinajstić information content (AvgIpc) is 2.23. The normalized spacial score (nSPS) is 17.1. The van der Waals surface area contributed by atoms with E-state index in [0.29, 0.717) is 12.3 Å². The van der Waals surface area contributed by atoms with E-state index in [4.69, 9.17) is 0 Å². The molecule has 1 unspecified atom stereocenters. The van der Waals surface area contributed by atoms with Crippen LogP contribution in [0.5, 0.6) is 0 Å². The van der Waals surface area contributed by atoms with E-state index in [1.165, 1.54) is 18.2 Å². The summed E-state index contributed by atoms with van der Waals surface area (Å²) in [6.45, 7) is 3.24. The van der Waals surface area contributed by atoms with Crippen LogP contribution in [0.2, 0.25) is 0 Å². The molecule has 1 aliphatic heterocycles. The van der Waals surface area contributed by atoms with Gasteiger partial charge in [-0.15, -0.1) is 0 Å². The van der Waals surface area contributed by atoms with Gasteiger partial charge in [-0.1, -0.05) is 6.07 Å². The molecular weight excluding hydrogens is 238 g/mol. The molecule has 0 aliphatic carbocycles. The molecule has 0 spiro atoms. The minimum absolute atomic E-state index is 0.0856. The first kappa shape index (κ1) is 13.0. The van der Waals surface area contributed by atoms with Crippen molar-refractivity contribution in [1.29, 1.82) is 0 Å². The molecule has 18 heavy (non-hydrogen) atoms. The summed E-state index contributed by atoms with van der Waals surface area (Å²) in [5.74, 6) is -1.10. The van der Waals surface area contributed by atoms with Crippen LogP contribution < -0.4 is 10.6 Å². The second-order valence-corrected chi connectivity index (χ2v) is 4.65. The second kappa shape index (κ2) is 5.44. The SMILES string of the molecule is CC(NC(=O)CC1CNC1)c1c(F)cccc1F. The van der Waals surface area contributed by atoms with E-state index in [0.717, 1.165) is 13.1 Å². The fourth-order valence-electron chi connectivity index (χ4n) is 2.05. The molecule has 0 bridgehead atoms. The van der Waals surface area contributed by atoms with Crippen LogP contribution in [-0.4, -0.2) is 19.0 Å². The highest BCUT2D eigenvalue weighted by molar-refractivity contribution is 5.76. The molecule has 1 saturated heterocycles. The predicted molar refractivity (Wildman–Crippen MR) is 63.9 cm³/mol. The van der Waals surface area contributed by atoms with Gasteiger partial charge in [0, 0.05) is 12.0 Å². The molecule has 0 saturated carbocycles. The van der Waals surface area contributed by atoms with Crippen molar-refractivity contribution in [3.8, 4) is 0 Å². The summed E-state index contributed by atoms with van der Waals surface area (Å²) in [5, 5.41) is 5.70. The fraction of sp³-hybridized carbons (Fsp3) is 0.462. The topological polar surface area (TPSA) is 41.1 Å². The van der Waals surface area contributed by atoms with Gasteiger partial charge in [0.2, 0.25) is 5.91 Å². The standard InChI is InChI=1S/C13H16F2N2O/c1-8(13-10(14)3-2-4-11(13)15)17-12(18)5-9-6-16-7-9/h2-4,8-9,16H,5-7H2,1H3,(H,17,18). The molecule has 1 atom stereocenters. The lowest BCUT2D eigenvalue weighted by Gasteiger charge is -2.27. The van der Waals surface area contributed by atoms with Gasteiger partial charge in [0.05, 0.1) is 6.04 Å². The summed E-state index contributed by atoms with van der Waals surface area (Å²) in [5.41, 5.74) is -0.0856. The lowest BCUT2D eigenvalue weighted by Crippen LogP contribution is -2.44. The van der Waals surface area contributed by atoms with E-state index in [1.54, 1.807) is 6.92 Å². The van der Waals surface area contributed by atoms with Crippen LogP contribution in [0.3, 0.4) is 0 Å². The van der Waals surface area contributed by atoms with Crippen molar-refractivity contribution in [2.75, 3.05) is 13.1 Å². The van der Waals surface area contributed by atoms with E-state index in [1.807, 2.05) is 0 Å². The third-order valence-corrected chi connectivity index (χ3v) is 3.15. The van der Waals surface area contributed by atoms with E-state index < -0.39 is 17.7 Å². The Hall–Kier alpha value is -1.49. The zero-order chi connectivity index (χ0) is 13.1. The zero-order valence-electron chi connectivity index (χ0n) is 10.2. The van der Waals surface area contributed by atoms with Gasteiger partial charge < -0.3 is 10.6 Å². The summed E-state index contributed by atoms with van der Waals surface area (Å²) in [6, 6.07) is 3.03. The number of rotatable bonds is 4. The van der Waals surface area contributed by atoms with E-state index >= 15 is 0 Å². The number of hydrogen-bond donors (Lipinski definition) is 2. The number of benzene rings is 1. The van der Waals surface area contributed by atoms with E-state index in [-0.39, 0.29) is 11.5 Å².